The highest BCUT2D eigenvalue weighted by Gasteiger charge is 2.48. The first-order chi connectivity index (χ1) is 29.3. The minimum Gasteiger partial charge on any atom is -0.456 e. The van der Waals surface area contributed by atoms with Crippen LogP contribution in [-0.2, 0) is 16.2 Å². The largest absolute Gasteiger partial charge is 0.456 e. The molecule has 0 fully saturated rings. The maximum atomic E-state index is 7.21. The molecule has 6 heteroatoms. The van der Waals surface area contributed by atoms with Gasteiger partial charge in [0, 0.05) is 64.9 Å². The predicted molar refractivity (Wildman–Crippen MR) is 259 cm³/mol. The Morgan fingerprint density at radius 3 is 1.85 bits per heavy atom. The SMILES string of the molecule is CC(C)(C)c1ccc(N2c3cccc4c3B(c3ccc5c(c32)Oc2ccccc2C5(C)C)c2sc3c(ccc5oc6ccccc6c53)c2N4c2ccc(C(C)(C)C)cc2)cc1. The molecule has 0 atom stereocenters. The number of nitrogens with zero attached hydrogens (tertiary/aromatic N) is 2. The molecular weight excluding hydrogens is 763 g/mol. The lowest BCUT2D eigenvalue weighted by molar-refractivity contribution is 0.419. The first kappa shape index (κ1) is 36.6. The third-order valence-electron chi connectivity index (χ3n) is 13.6. The van der Waals surface area contributed by atoms with Gasteiger partial charge in [-0.25, -0.2) is 0 Å². The molecule has 2 aromatic heterocycles. The molecule has 9 aromatic rings. The zero-order valence-corrected chi connectivity index (χ0v) is 36.8. The third-order valence-corrected chi connectivity index (χ3v) is 14.9. The molecule has 3 aliphatic rings. The van der Waals surface area contributed by atoms with E-state index >= 15 is 0 Å². The number of fused-ring (bicyclic) bond motifs is 13. The van der Waals surface area contributed by atoms with Gasteiger partial charge in [-0.15, -0.1) is 11.3 Å². The second-order valence-electron chi connectivity index (χ2n) is 19.7. The van der Waals surface area contributed by atoms with Crippen LogP contribution in [0.5, 0.6) is 11.5 Å². The van der Waals surface area contributed by atoms with E-state index in [2.05, 4.69) is 205 Å². The Morgan fingerprint density at radius 2 is 1.18 bits per heavy atom. The van der Waals surface area contributed by atoms with Crippen molar-refractivity contribution in [2.75, 3.05) is 9.80 Å². The Morgan fingerprint density at radius 1 is 0.557 bits per heavy atom. The van der Waals surface area contributed by atoms with Gasteiger partial charge < -0.3 is 19.0 Å². The second-order valence-corrected chi connectivity index (χ2v) is 20.8. The quantitative estimate of drug-likeness (QED) is 0.163. The number of benzene rings is 7. The van der Waals surface area contributed by atoms with E-state index in [0.29, 0.717) is 0 Å². The summed E-state index contributed by atoms with van der Waals surface area (Å²) in [6, 6.07) is 51.7. The van der Waals surface area contributed by atoms with E-state index in [1.54, 1.807) is 0 Å². The minimum atomic E-state index is -0.275. The van der Waals surface area contributed by atoms with Crippen molar-refractivity contribution in [3.63, 3.8) is 0 Å². The van der Waals surface area contributed by atoms with Gasteiger partial charge in [0.15, 0.2) is 5.75 Å². The van der Waals surface area contributed by atoms with Crippen molar-refractivity contribution in [2.24, 2.45) is 0 Å². The normalized spacial score (nSPS) is 15.0. The van der Waals surface area contributed by atoms with Crippen molar-refractivity contribution >= 4 is 99.9 Å². The van der Waals surface area contributed by atoms with Crippen molar-refractivity contribution in [3.05, 3.63) is 162 Å². The summed E-state index contributed by atoms with van der Waals surface area (Å²) in [5, 5.41) is 3.57. The number of hydrogen-bond donors (Lipinski definition) is 0. The number of rotatable bonds is 2. The summed E-state index contributed by atoms with van der Waals surface area (Å²) in [4.78, 5) is 5.05. The van der Waals surface area contributed by atoms with Crippen LogP contribution in [0.2, 0.25) is 0 Å². The van der Waals surface area contributed by atoms with Crippen molar-refractivity contribution in [1.29, 1.82) is 0 Å². The molecular formula is C55H47BN2O2S. The van der Waals surface area contributed by atoms with Gasteiger partial charge in [0.05, 0.1) is 11.4 Å². The van der Waals surface area contributed by atoms with Gasteiger partial charge in [-0.05, 0) is 93.5 Å². The predicted octanol–water partition coefficient (Wildman–Crippen LogP) is 13.9. The average molecular weight is 811 g/mol. The van der Waals surface area contributed by atoms with Gasteiger partial charge in [0.1, 0.15) is 16.9 Å². The molecule has 7 aromatic carbocycles. The second kappa shape index (κ2) is 12.4. The Labute approximate surface area is 362 Å². The van der Waals surface area contributed by atoms with E-state index in [-0.39, 0.29) is 23.0 Å². The summed E-state index contributed by atoms with van der Waals surface area (Å²) in [5.74, 6) is 1.85. The van der Waals surface area contributed by atoms with E-state index < -0.39 is 0 Å². The van der Waals surface area contributed by atoms with Crippen LogP contribution < -0.4 is 30.2 Å². The molecule has 0 radical (unpaired) electrons. The Balaban J connectivity index is 1.19. The highest BCUT2D eigenvalue weighted by Crippen LogP contribution is 2.56. The van der Waals surface area contributed by atoms with E-state index in [0.717, 1.165) is 45.1 Å². The topological polar surface area (TPSA) is 28.9 Å². The molecule has 61 heavy (non-hydrogen) atoms. The standard InChI is InChI=1S/C55H47BN2O2S/c1-53(2,3)32-20-24-34(25-21-32)57-41-16-13-17-42-47(41)56(52-48(57)37-28-31-45-46(51(37)61-52)36-14-9-11-18-43(36)59-45)40-30-29-39-50(60-44-19-12-10-15-38(44)55(39,7)8)49(40)58(42)35-26-22-33(23-27-35)54(4,5)6/h9-31H,1-8H3. The molecule has 0 unspecified atom stereocenters. The fraction of sp³-hybridized carbons (Fsp3) is 0.200. The van der Waals surface area contributed by atoms with Crippen LogP contribution in [0, 0.1) is 0 Å². The van der Waals surface area contributed by atoms with Crippen LogP contribution in [0.3, 0.4) is 0 Å². The zero-order chi connectivity index (χ0) is 41.7. The molecule has 0 N–H and O–H groups in total. The maximum absolute atomic E-state index is 7.21. The lowest BCUT2D eigenvalue weighted by Crippen LogP contribution is -2.60. The lowest BCUT2D eigenvalue weighted by Gasteiger charge is -2.45. The number of ether oxygens (including phenoxy) is 1. The molecule has 0 saturated carbocycles. The van der Waals surface area contributed by atoms with Gasteiger partial charge in [0.25, 0.3) is 6.71 Å². The van der Waals surface area contributed by atoms with Crippen LogP contribution >= 0.6 is 11.3 Å². The average Bonchev–Trinajstić information content (AvgIpc) is 3.82. The van der Waals surface area contributed by atoms with Gasteiger partial charge >= 0.3 is 0 Å². The molecule has 0 saturated heterocycles. The molecule has 12 rings (SSSR count). The molecule has 3 aliphatic heterocycles. The van der Waals surface area contributed by atoms with Crippen LogP contribution in [-0.4, -0.2) is 6.71 Å². The van der Waals surface area contributed by atoms with Crippen molar-refractivity contribution in [2.45, 2.75) is 71.6 Å². The first-order valence-corrected chi connectivity index (χ1v) is 22.4. The van der Waals surface area contributed by atoms with E-state index in [9.17, 15) is 0 Å². The van der Waals surface area contributed by atoms with Gasteiger partial charge in [-0.1, -0.05) is 134 Å². The summed E-state index contributed by atoms with van der Waals surface area (Å²) in [6.45, 7) is 18.3. The summed E-state index contributed by atoms with van der Waals surface area (Å²) in [7, 11) is 0. The van der Waals surface area contributed by atoms with Crippen molar-refractivity contribution < 1.29 is 9.15 Å². The smallest absolute Gasteiger partial charge is 0.264 e. The zero-order valence-electron chi connectivity index (χ0n) is 36.0. The summed E-state index contributed by atoms with van der Waals surface area (Å²) in [5.41, 5.74) is 16.2. The number of thiophene rings is 1. The number of furan rings is 1. The summed E-state index contributed by atoms with van der Waals surface area (Å²) in [6.07, 6.45) is 0. The molecule has 4 nitrogen and oxygen atoms in total. The van der Waals surface area contributed by atoms with Gasteiger partial charge in [-0.2, -0.15) is 0 Å². The summed E-state index contributed by atoms with van der Waals surface area (Å²) < 4.78 is 16.3. The summed E-state index contributed by atoms with van der Waals surface area (Å²) >= 11 is 1.92. The molecule has 5 heterocycles. The number of hydrogen-bond acceptors (Lipinski definition) is 5. The number of para-hydroxylation sites is 2. The highest BCUT2D eigenvalue weighted by atomic mass is 32.1. The van der Waals surface area contributed by atoms with Crippen LogP contribution in [0.15, 0.2) is 144 Å². The van der Waals surface area contributed by atoms with E-state index in [1.807, 2.05) is 11.3 Å². The molecule has 0 spiro atoms. The first-order valence-electron chi connectivity index (χ1n) is 21.5. The van der Waals surface area contributed by atoms with Crippen LogP contribution in [0.25, 0.3) is 32.0 Å². The third kappa shape index (κ3) is 5.12. The molecule has 0 bridgehead atoms. The Bertz CT molecular complexity index is 3290. The fourth-order valence-corrected chi connectivity index (χ4v) is 11.9. The van der Waals surface area contributed by atoms with Crippen LogP contribution in [0.4, 0.5) is 34.1 Å². The molecule has 298 valence electrons. The minimum absolute atomic E-state index is 0.0255. The lowest BCUT2D eigenvalue weighted by atomic mass is 9.36. The van der Waals surface area contributed by atoms with Crippen LogP contribution in [0.1, 0.15) is 77.6 Å². The number of anilines is 6. The van der Waals surface area contributed by atoms with Gasteiger partial charge in [-0.3, -0.25) is 0 Å². The highest BCUT2D eigenvalue weighted by molar-refractivity contribution is 7.34. The van der Waals surface area contributed by atoms with Gasteiger partial charge in [0.2, 0.25) is 0 Å². The van der Waals surface area contributed by atoms with Crippen molar-refractivity contribution in [3.8, 4) is 11.5 Å². The van der Waals surface area contributed by atoms with E-state index in [4.69, 9.17) is 9.15 Å². The fourth-order valence-electron chi connectivity index (χ4n) is 10.4. The Hall–Kier alpha value is -6.24. The Kier molecular flexibility index (Phi) is 7.45. The molecule has 0 aliphatic carbocycles. The maximum Gasteiger partial charge on any atom is 0.264 e. The monoisotopic (exact) mass is 810 g/mol. The van der Waals surface area contributed by atoms with E-state index in [1.165, 1.54) is 70.5 Å². The van der Waals surface area contributed by atoms with Crippen molar-refractivity contribution in [1.82, 2.24) is 0 Å². The molecule has 0 amide bonds.